The molecule has 0 bridgehead atoms. The Bertz CT molecular complexity index is 519. The van der Waals surface area contributed by atoms with Crippen LogP contribution in [0.5, 0.6) is 0 Å². The highest BCUT2D eigenvalue weighted by Crippen LogP contribution is 2.23. The van der Waals surface area contributed by atoms with Gasteiger partial charge in [-0.2, -0.15) is 0 Å². The van der Waals surface area contributed by atoms with E-state index in [1.807, 2.05) is 6.92 Å². The van der Waals surface area contributed by atoms with E-state index < -0.39 is 17.7 Å². The van der Waals surface area contributed by atoms with Crippen molar-refractivity contribution in [2.45, 2.75) is 26.0 Å². The molecule has 2 aromatic rings. The predicted molar refractivity (Wildman–Crippen MR) is 62.9 cm³/mol. The van der Waals surface area contributed by atoms with Gasteiger partial charge in [0.25, 0.3) is 0 Å². The minimum absolute atomic E-state index is 0.186. The van der Waals surface area contributed by atoms with Crippen LogP contribution in [0.2, 0.25) is 0 Å². The van der Waals surface area contributed by atoms with Crippen LogP contribution in [0.3, 0.4) is 0 Å². The lowest BCUT2D eigenvalue weighted by Crippen LogP contribution is -2.08. The molecule has 96 valence electrons. The van der Waals surface area contributed by atoms with Gasteiger partial charge in [-0.25, -0.2) is 13.8 Å². The lowest BCUT2D eigenvalue weighted by molar-refractivity contribution is 0.208. The molecule has 0 saturated carbocycles. The van der Waals surface area contributed by atoms with Crippen molar-refractivity contribution in [2.24, 2.45) is 0 Å². The summed E-state index contributed by atoms with van der Waals surface area (Å²) in [6, 6.07) is 3.02. The molecule has 5 heteroatoms. The van der Waals surface area contributed by atoms with Gasteiger partial charge in [0.2, 0.25) is 0 Å². The number of nitrogens with zero attached hydrogens (tertiary/aromatic N) is 2. The molecule has 18 heavy (non-hydrogen) atoms. The van der Waals surface area contributed by atoms with Gasteiger partial charge in [0, 0.05) is 12.6 Å². The van der Waals surface area contributed by atoms with Crippen LogP contribution in [-0.4, -0.2) is 14.7 Å². The summed E-state index contributed by atoms with van der Waals surface area (Å²) in [5.74, 6) is -1.41. The average Bonchev–Trinajstić information content (AvgIpc) is 2.75. The lowest BCUT2D eigenvalue weighted by Gasteiger charge is -2.14. The summed E-state index contributed by atoms with van der Waals surface area (Å²) in [4.78, 5) is 3.95. The van der Waals surface area contributed by atoms with E-state index in [2.05, 4.69) is 4.98 Å². The minimum Gasteiger partial charge on any atom is -0.382 e. The van der Waals surface area contributed by atoms with E-state index in [9.17, 15) is 13.9 Å². The summed E-state index contributed by atoms with van der Waals surface area (Å²) in [7, 11) is 0. The third-order valence-electron chi connectivity index (χ3n) is 2.69. The molecule has 0 radical (unpaired) electrons. The van der Waals surface area contributed by atoms with E-state index in [1.54, 1.807) is 10.9 Å². The van der Waals surface area contributed by atoms with E-state index in [1.165, 1.54) is 6.20 Å². The highest BCUT2D eigenvalue weighted by molar-refractivity contribution is 5.26. The summed E-state index contributed by atoms with van der Waals surface area (Å²) in [5, 5.41) is 10.1. The molecule has 3 nitrogen and oxygen atoms in total. The highest BCUT2D eigenvalue weighted by Gasteiger charge is 2.16. The number of aryl methyl sites for hydroxylation is 1. The van der Waals surface area contributed by atoms with Crippen molar-refractivity contribution in [1.29, 1.82) is 0 Å². The summed E-state index contributed by atoms with van der Waals surface area (Å²) in [5.41, 5.74) is 0.715. The van der Waals surface area contributed by atoms with Crippen molar-refractivity contribution < 1.29 is 13.9 Å². The second-order valence-electron chi connectivity index (χ2n) is 4.12. The zero-order valence-electron chi connectivity index (χ0n) is 9.98. The van der Waals surface area contributed by atoms with Crippen LogP contribution in [0.1, 0.15) is 30.7 Å². The maximum Gasteiger partial charge on any atom is 0.126 e. The minimum atomic E-state index is -1.08. The molecule has 0 aliphatic heterocycles. The molecule has 0 fully saturated rings. The Labute approximate surface area is 104 Å². The quantitative estimate of drug-likeness (QED) is 0.908. The SMILES string of the molecule is CCCn1cncc1C(O)c1cc(F)cc(F)c1. The summed E-state index contributed by atoms with van der Waals surface area (Å²) < 4.78 is 28.0. The standard InChI is InChI=1S/C13H14F2N2O/c1-2-3-17-8-16-7-12(17)13(18)9-4-10(14)6-11(15)5-9/h4-8,13,18H,2-3H2,1H3. The Balaban J connectivity index is 2.34. The summed E-state index contributed by atoms with van der Waals surface area (Å²) in [6.07, 6.45) is 2.90. The van der Waals surface area contributed by atoms with Crippen molar-refractivity contribution in [3.05, 3.63) is 53.6 Å². The highest BCUT2D eigenvalue weighted by atomic mass is 19.1. The van der Waals surface area contributed by atoms with Gasteiger partial charge < -0.3 is 9.67 Å². The molecule has 2 rings (SSSR count). The number of aromatic nitrogens is 2. The molecule has 1 heterocycles. The number of halogens is 2. The molecule has 0 amide bonds. The molecule has 1 atom stereocenters. The molecular formula is C13H14F2N2O. The molecule has 0 aliphatic rings. The van der Waals surface area contributed by atoms with Gasteiger partial charge in [0.05, 0.1) is 18.2 Å². The first-order valence-corrected chi connectivity index (χ1v) is 5.76. The van der Waals surface area contributed by atoms with Gasteiger partial charge >= 0.3 is 0 Å². The zero-order chi connectivity index (χ0) is 13.1. The molecule has 0 spiro atoms. The number of imidazole rings is 1. The third-order valence-corrected chi connectivity index (χ3v) is 2.69. The van der Waals surface area contributed by atoms with Crippen LogP contribution in [0.25, 0.3) is 0 Å². The van der Waals surface area contributed by atoms with Crippen molar-refractivity contribution in [3.8, 4) is 0 Å². The van der Waals surface area contributed by atoms with Crippen LogP contribution < -0.4 is 0 Å². The van der Waals surface area contributed by atoms with Crippen LogP contribution in [-0.2, 0) is 6.54 Å². The van der Waals surface area contributed by atoms with Crippen LogP contribution in [0, 0.1) is 11.6 Å². The summed E-state index contributed by atoms with van der Waals surface area (Å²) in [6.45, 7) is 2.70. The van der Waals surface area contributed by atoms with Crippen molar-refractivity contribution in [3.63, 3.8) is 0 Å². The van der Waals surface area contributed by atoms with Gasteiger partial charge in [-0.3, -0.25) is 0 Å². The Hall–Kier alpha value is -1.75. The number of hydrogen-bond acceptors (Lipinski definition) is 2. The predicted octanol–water partition coefficient (Wildman–Crippen LogP) is 2.65. The van der Waals surface area contributed by atoms with Crippen LogP contribution in [0.15, 0.2) is 30.7 Å². The second kappa shape index (κ2) is 5.27. The van der Waals surface area contributed by atoms with Crippen LogP contribution in [0.4, 0.5) is 8.78 Å². The second-order valence-corrected chi connectivity index (χ2v) is 4.12. The van der Waals surface area contributed by atoms with E-state index in [0.717, 1.165) is 24.6 Å². The number of aliphatic hydroxyl groups excluding tert-OH is 1. The first kappa shape index (κ1) is 12.7. The fourth-order valence-corrected chi connectivity index (χ4v) is 1.89. The molecule has 1 aromatic carbocycles. The maximum atomic E-state index is 13.1. The molecular weight excluding hydrogens is 238 g/mol. The third kappa shape index (κ3) is 2.56. The van der Waals surface area contributed by atoms with Crippen molar-refractivity contribution in [1.82, 2.24) is 9.55 Å². The number of rotatable bonds is 4. The topological polar surface area (TPSA) is 38.0 Å². The Morgan fingerprint density at radius 2 is 1.94 bits per heavy atom. The van der Waals surface area contributed by atoms with E-state index in [-0.39, 0.29) is 5.56 Å². The Kier molecular flexibility index (Phi) is 3.72. The number of hydrogen-bond donors (Lipinski definition) is 1. The van der Waals surface area contributed by atoms with Gasteiger partial charge in [0.1, 0.15) is 17.7 Å². The van der Waals surface area contributed by atoms with E-state index in [0.29, 0.717) is 12.2 Å². The monoisotopic (exact) mass is 252 g/mol. The maximum absolute atomic E-state index is 13.1. The molecule has 0 aliphatic carbocycles. The van der Waals surface area contributed by atoms with Crippen molar-refractivity contribution in [2.75, 3.05) is 0 Å². The number of aliphatic hydroxyl groups is 1. The number of benzene rings is 1. The van der Waals surface area contributed by atoms with E-state index in [4.69, 9.17) is 0 Å². The first-order valence-electron chi connectivity index (χ1n) is 5.76. The molecule has 1 N–H and O–H groups in total. The van der Waals surface area contributed by atoms with Gasteiger partial charge in [-0.05, 0) is 24.1 Å². The average molecular weight is 252 g/mol. The van der Waals surface area contributed by atoms with Crippen molar-refractivity contribution >= 4 is 0 Å². The largest absolute Gasteiger partial charge is 0.382 e. The van der Waals surface area contributed by atoms with Gasteiger partial charge in [-0.1, -0.05) is 6.92 Å². The lowest BCUT2D eigenvalue weighted by atomic mass is 10.1. The zero-order valence-corrected chi connectivity index (χ0v) is 9.98. The van der Waals surface area contributed by atoms with Gasteiger partial charge in [-0.15, -0.1) is 0 Å². The Morgan fingerprint density at radius 1 is 1.28 bits per heavy atom. The Morgan fingerprint density at radius 3 is 2.56 bits per heavy atom. The fourth-order valence-electron chi connectivity index (χ4n) is 1.89. The van der Waals surface area contributed by atoms with Crippen LogP contribution >= 0.6 is 0 Å². The fraction of sp³-hybridized carbons (Fsp3) is 0.308. The smallest absolute Gasteiger partial charge is 0.126 e. The van der Waals surface area contributed by atoms with Gasteiger partial charge in [0.15, 0.2) is 0 Å². The first-order chi connectivity index (χ1) is 8.61. The van der Waals surface area contributed by atoms with E-state index >= 15 is 0 Å². The molecule has 0 saturated heterocycles. The summed E-state index contributed by atoms with van der Waals surface area (Å²) >= 11 is 0. The molecule has 1 unspecified atom stereocenters. The molecule has 1 aromatic heterocycles. The normalized spacial score (nSPS) is 12.7.